The van der Waals surface area contributed by atoms with E-state index in [1.54, 1.807) is 6.33 Å². The van der Waals surface area contributed by atoms with Gasteiger partial charge in [0.1, 0.15) is 6.33 Å². The molecular formula is C13H16BrN3. The van der Waals surface area contributed by atoms with Crippen molar-refractivity contribution in [3.05, 3.63) is 34.6 Å². The zero-order valence-electron chi connectivity index (χ0n) is 10.3. The molecule has 4 heteroatoms. The lowest BCUT2D eigenvalue weighted by atomic mass is 10.1. The molecule has 0 aliphatic heterocycles. The summed E-state index contributed by atoms with van der Waals surface area (Å²) in [5, 5.41) is 8.24. The third-order valence-electron chi connectivity index (χ3n) is 2.54. The molecule has 90 valence electrons. The van der Waals surface area contributed by atoms with Gasteiger partial charge in [-0.15, -0.1) is 10.2 Å². The van der Waals surface area contributed by atoms with Crippen LogP contribution in [0.1, 0.15) is 19.4 Å². The number of aryl methyl sites for hydroxylation is 1. The first-order valence-electron chi connectivity index (χ1n) is 5.72. The summed E-state index contributed by atoms with van der Waals surface area (Å²) >= 11 is 3.57. The van der Waals surface area contributed by atoms with Gasteiger partial charge in [-0.2, -0.15) is 0 Å². The first-order valence-corrected chi connectivity index (χ1v) is 6.51. The first-order chi connectivity index (χ1) is 8.08. The normalized spacial score (nSPS) is 11.1. The molecule has 0 N–H and O–H groups in total. The summed E-state index contributed by atoms with van der Waals surface area (Å²) in [6, 6.07) is 6.26. The molecule has 1 aromatic heterocycles. The minimum Gasteiger partial charge on any atom is -0.313 e. The molecule has 1 heterocycles. The van der Waals surface area contributed by atoms with Crippen molar-refractivity contribution in [3.8, 4) is 11.4 Å². The van der Waals surface area contributed by atoms with Crippen LogP contribution in [0.25, 0.3) is 11.4 Å². The van der Waals surface area contributed by atoms with Crippen LogP contribution in [0.5, 0.6) is 0 Å². The molecule has 0 radical (unpaired) electrons. The van der Waals surface area contributed by atoms with Gasteiger partial charge < -0.3 is 4.57 Å². The van der Waals surface area contributed by atoms with Crippen LogP contribution < -0.4 is 0 Å². The Hall–Kier alpha value is -1.16. The van der Waals surface area contributed by atoms with E-state index in [0.29, 0.717) is 5.92 Å². The van der Waals surface area contributed by atoms with Crippen LogP contribution >= 0.6 is 15.9 Å². The molecule has 0 aliphatic carbocycles. The molecule has 2 aromatic rings. The van der Waals surface area contributed by atoms with E-state index in [1.807, 2.05) is 0 Å². The predicted octanol–water partition coefficient (Wildman–Crippen LogP) is 3.67. The Morgan fingerprint density at radius 1 is 1.35 bits per heavy atom. The van der Waals surface area contributed by atoms with Crippen molar-refractivity contribution in [2.75, 3.05) is 0 Å². The van der Waals surface area contributed by atoms with Crippen LogP contribution in [0, 0.1) is 12.8 Å². The fourth-order valence-electron chi connectivity index (χ4n) is 1.80. The molecule has 0 aliphatic rings. The van der Waals surface area contributed by atoms with Crippen LogP contribution in [-0.4, -0.2) is 14.8 Å². The highest BCUT2D eigenvalue weighted by Gasteiger charge is 2.11. The number of rotatable bonds is 3. The van der Waals surface area contributed by atoms with E-state index < -0.39 is 0 Å². The van der Waals surface area contributed by atoms with Gasteiger partial charge in [-0.25, -0.2) is 0 Å². The Morgan fingerprint density at radius 3 is 2.82 bits per heavy atom. The third-order valence-corrected chi connectivity index (χ3v) is 3.23. The lowest BCUT2D eigenvalue weighted by molar-refractivity contribution is 0.525. The molecule has 0 bridgehead atoms. The van der Waals surface area contributed by atoms with Crippen molar-refractivity contribution in [2.24, 2.45) is 5.92 Å². The van der Waals surface area contributed by atoms with Crippen molar-refractivity contribution < 1.29 is 0 Å². The topological polar surface area (TPSA) is 30.7 Å². The third kappa shape index (κ3) is 2.75. The van der Waals surface area contributed by atoms with E-state index in [4.69, 9.17) is 0 Å². The molecule has 0 spiro atoms. The van der Waals surface area contributed by atoms with Crippen LogP contribution in [0.2, 0.25) is 0 Å². The van der Waals surface area contributed by atoms with Crippen molar-refractivity contribution in [2.45, 2.75) is 27.3 Å². The second kappa shape index (κ2) is 5.00. The van der Waals surface area contributed by atoms with E-state index in [-0.39, 0.29) is 0 Å². The van der Waals surface area contributed by atoms with Gasteiger partial charge in [-0.3, -0.25) is 0 Å². The summed E-state index contributed by atoms with van der Waals surface area (Å²) in [6.07, 6.45) is 1.80. The second-order valence-electron chi connectivity index (χ2n) is 4.68. The zero-order valence-corrected chi connectivity index (χ0v) is 11.9. The largest absolute Gasteiger partial charge is 0.313 e. The maximum absolute atomic E-state index is 4.22. The van der Waals surface area contributed by atoms with Crippen molar-refractivity contribution in [1.82, 2.24) is 14.8 Å². The number of nitrogens with zero attached hydrogens (tertiary/aromatic N) is 3. The number of benzene rings is 1. The molecule has 2 rings (SSSR count). The van der Waals surface area contributed by atoms with Gasteiger partial charge in [-0.1, -0.05) is 41.4 Å². The molecule has 0 saturated carbocycles. The Kier molecular flexibility index (Phi) is 3.62. The van der Waals surface area contributed by atoms with Crippen LogP contribution in [0.4, 0.5) is 0 Å². The minimum absolute atomic E-state index is 0.577. The number of aromatic nitrogens is 3. The fourth-order valence-corrected chi connectivity index (χ4v) is 2.22. The number of halogens is 1. The average Bonchev–Trinajstić information content (AvgIpc) is 2.69. The van der Waals surface area contributed by atoms with E-state index in [9.17, 15) is 0 Å². The van der Waals surface area contributed by atoms with Crippen LogP contribution in [-0.2, 0) is 6.54 Å². The zero-order chi connectivity index (χ0) is 12.4. The summed E-state index contributed by atoms with van der Waals surface area (Å²) in [7, 11) is 0. The maximum Gasteiger partial charge on any atom is 0.164 e. The van der Waals surface area contributed by atoms with E-state index in [1.165, 1.54) is 5.56 Å². The van der Waals surface area contributed by atoms with E-state index in [2.05, 4.69) is 69.7 Å². The molecule has 1 aromatic carbocycles. The SMILES string of the molecule is Cc1ccc(Br)c(-c2nncn2CC(C)C)c1. The molecular weight excluding hydrogens is 278 g/mol. The minimum atomic E-state index is 0.577. The van der Waals surface area contributed by atoms with Crippen molar-refractivity contribution in [3.63, 3.8) is 0 Å². The summed E-state index contributed by atoms with van der Waals surface area (Å²) in [4.78, 5) is 0. The quantitative estimate of drug-likeness (QED) is 0.864. The maximum atomic E-state index is 4.22. The summed E-state index contributed by atoms with van der Waals surface area (Å²) in [5.74, 6) is 1.50. The summed E-state index contributed by atoms with van der Waals surface area (Å²) in [6.45, 7) is 7.39. The fraction of sp³-hybridized carbons (Fsp3) is 0.385. The highest BCUT2D eigenvalue weighted by Crippen LogP contribution is 2.27. The molecule has 3 nitrogen and oxygen atoms in total. The predicted molar refractivity (Wildman–Crippen MR) is 72.7 cm³/mol. The van der Waals surface area contributed by atoms with Gasteiger partial charge in [-0.05, 0) is 25.0 Å². The molecule has 0 amide bonds. The molecule has 17 heavy (non-hydrogen) atoms. The lowest BCUT2D eigenvalue weighted by Crippen LogP contribution is -2.05. The van der Waals surface area contributed by atoms with Gasteiger partial charge >= 0.3 is 0 Å². The summed E-state index contributed by atoms with van der Waals surface area (Å²) in [5.41, 5.74) is 2.32. The van der Waals surface area contributed by atoms with Crippen molar-refractivity contribution in [1.29, 1.82) is 0 Å². The highest BCUT2D eigenvalue weighted by atomic mass is 79.9. The van der Waals surface area contributed by atoms with Crippen LogP contribution in [0.15, 0.2) is 29.0 Å². The highest BCUT2D eigenvalue weighted by molar-refractivity contribution is 9.10. The molecule has 0 atom stereocenters. The smallest absolute Gasteiger partial charge is 0.164 e. The summed E-state index contributed by atoms with van der Waals surface area (Å²) < 4.78 is 3.16. The number of hydrogen-bond donors (Lipinski definition) is 0. The lowest BCUT2D eigenvalue weighted by Gasteiger charge is -2.10. The second-order valence-corrected chi connectivity index (χ2v) is 5.54. The monoisotopic (exact) mass is 293 g/mol. The Bertz CT molecular complexity index is 517. The van der Waals surface area contributed by atoms with Gasteiger partial charge in [0.25, 0.3) is 0 Å². The van der Waals surface area contributed by atoms with Crippen LogP contribution in [0.3, 0.4) is 0 Å². The standard InChI is InChI=1S/C13H16BrN3/c1-9(2)7-17-8-15-16-13(17)11-6-10(3)4-5-12(11)14/h4-6,8-9H,7H2,1-3H3. The van der Waals surface area contributed by atoms with Gasteiger partial charge in [0.2, 0.25) is 0 Å². The Morgan fingerprint density at radius 2 is 2.12 bits per heavy atom. The molecule has 0 saturated heterocycles. The average molecular weight is 294 g/mol. The van der Waals surface area contributed by atoms with Gasteiger partial charge in [0.15, 0.2) is 5.82 Å². The first kappa shape index (κ1) is 12.3. The number of hydrogen-bond acceptors (Lipinski definition) is 2. The molecule has 0 unspecified atom stereocenters. The Labute approximate surface area is 110 Å². The van der Waals surface area contributed by atoms with Gasteiger partial charge in [0.05, 0.1) is 0 Å². The van der Waals surface area contributed by atoms with Gasteiger partial charge in [0, 0.05) is 16.6 Å². The van der Waals surface area contributed by atoms with E-state index in [0.717, 1.165) is 22.4 Å². The Balaban J connectivity index is 2.45. The van der Waals surface area contributed by atoms with E-state index >= 15 is 0 Å². The van der Waals surface area contributed by atoms with Crippen molar-refractivity contribution >= 4 is 15.9 Å². The molecule has 0 fully saturated rings.